The van der Waals surface area contributed by atoms with Gasteiger partial charge in [0.25, 0.3) is 0 Å². The monoisotopic (exact) mass is 295 g/mol. The van der Waals surface area contributed by atoms with Crippen molar-refractivity contribution in [2.75, 3.05) is 6.61 Å². The number of rotatable bonds is 4. The highest BCUT2D eigenvalue weighted by Crippen LogP contribution is 2.27. The van der Waals surface area contributed by atoms with Gasteiger partial charge in [0.1, 0.15) is 16.8 Å². The second-order valence-electron chi connectivity index (χ2n) is 4.11. The van der Waals surface area contributed by atoms with Crippen LogP contribution in [0.15, 0.2) is 35.0 Å². The number of aliphatic carboxylic acids is 1. The average Bonchev–Trinajstić information content (AvgIpc) is 2.45. The summed E-state index contributed by atoms with van der Waals surface area (Å²) < 4.78 is 0. The Morgan fingerprint density at radius 1 is 1.20 bits per heavy atom. The number of carboxylic acid groups (broad SMARTS) is 1. The zero-order valence-corrected chi connectivity index (χ0v) is 10.8. The lowest BCUT2D eigenvalue weighted by Gasteiger charge is -2.21. The maximum atomic E-state index is 12.2. The van der Waals surface area contributed by atoms with E-state index in [9.17, 15) is 14.4 Å². The lowest BCUT2D eigenvalue weighted by Crippen LogP contribution is -2.42. The van der Waals surface area contributed by atoms with Gasteiger partial charge in [-0.15, -0.1) is 0 Å². The molecule has 7 heteroatoms. The minimum Gasteiger partial charge on any atom is -0.480 e. The largest absolute Gasteiger partial charge is 0.480 e. The van der Waals surface area contributed by atoms with Crippen LogP contribution >= 0.6 is 11.6 Å². The van der Waals surface area contributed by atoms with E-state index in [1.807, 2.05) is 0 Å². The van der Waals surface area contributed by atoms with Crippen LogP contribution in [0, 0.1) is 0 Å². The molecule has 0 spiro atoms. The molecule has 0 saturated carbocycles. The van der Waals surface area contributed by atoms with Gasteiger partial charge in [0.05, 0.1) is 6.61 Å². The molecule has 1 aromatic carbocycles. The summed E-state index contributed by atoms with van der Waals surface area (Å²) in [5.41, 5.74) is 0.00668. The number of fused-ring (bicyclic) bond motifs is 1. The number of hydrogen-bond acceptors (Lipinski definition) is 5. The first-order valence-electron chi connectivity index (χ1n) is 5.65. The van der Waals surface area contributed by atoms with Crippen molar-refractivity contribution in [1.82, 2.24) is 5.32 Å². The van der Waals surface area contributed by atoms with E-state index in [4.69, 9.17) is 21.8 Å². The Labute approximate surface area is 118 Å². The van der Waals surface area contributed by atoms with E-state index in [1.54, 1.807) is 12.1 Å². The van der Waals surface area contributed by atoms with Crippen LogP contribution in [0.5, 0.6) is 0 Å². The fraction of sp³-hybridized carbons (Fsp3) is 0.154. The molecule has 0 heterocycles. The molecule has 1 aliphatic rings. The molecule has 1 atom stereocenters. The lowest BCUT2D eigenvalue weighted by atomic mass is 9.92. The van der Waals surface area contributed by atoms with Gasteiger partial charge in [-0.2, -0.15) is 0 Å². The maximum absolute atomic E-state index is 12.2. The number of carbonyl (C=O) groups is 3. The van der Waals surface area contributed by atoms with Crippen molar-refractivity contribution >= 4 is 29.1 Å². The smallest absolute Gasteiger partial charge is 0.328 e. The van der Waals surface area contributed by atoms with Gasteiger partial charge in [0.2, 0.25) is 11.6 Å². The Hall–Kier alpha value is -2.18. The lowest BCUT2D eigenvalue weighted by molar-refractivity contribution is -0.140. The third-order valence-corrected chi connectivity index (χ3v) is 3.22. The summed E-state index contributed by atoms with van der Waals surface area (Å²) >= 11 is 5.83. The summed E-state index contributed by atoms with van der Waals surface area (Å²) in [5, 5.41) is 19.7. The predicted molar refractivity (Wildman–Crippen MR) is 69.6 cm³/mol. The highest BCUT2D eigenvalue weighted by Gasteiger charge is 2.33. The standard InChI is InChI=1S/C13H10ClNO5/c14-9-10(15-8(5-16)13(19)20)12(18)7-4-2-1-3-6(7)11(9)17/h1-4,8,15-16H,5H2,(H,19,20). The molecule has 0 radical (unpaired) electrons. The molecule has 0 bridgehead atoms. The highest BCUT2D eigenvalue weighted by atomic mass is 35.5. The molecule has 6 nitrogen and oxygen atoms in total. The van der Waals surface area contributed by atoms with E-state index in [0.29, 0.717) is 0 Å². The number of aliphatic hydroxyl groups is 1. The molecule has 1 aromatic rings. The fourth-order valence-corrected chi connectivity index (χ4v) is 2.08. The van der Waals surface area contributed by atoms with E-state index < -0.39 is 30.2 Å². The maximum Gasteiger partial charge on any atom is 0.328 e. The zero-order valence-electron chi connectivity index (χ0n) is 10.1. The van der Waals surface area contributed by atoms with Gasteiger partial charge in [-0.3, -0.25) is 9.59 Å². The van der Waals surface area contributed by atoms with Crippen molar-refractivity contribution in [3.05, 3.63) is 46.1 Å². The van der Waals surface area contributed by atoms with Crippen LogP contribution in [0.25, 0.3) is 0 Å². The first-order valence-corrected chi connectivity index (χ1v) is 6.03. The average molecular weight is 296 g/mol. The summed E-state index contributed by atoms with van der Waals surface area (Å²) in [6.45, 7) is -0.744. The highest BCUT2D eigenvalue weighted by molar-refractivity contribution is 6.49. The van der Waals surface area contributed by atoms with Gasteiger partial charge >= 0.3 is 5.97 Å². The minimum atomic E-state index is -1.42. The van der Waals surface area contributed by atoms with Gasteiger partial charge in [0, 0.05) is 11.1 Å². The Morgan fingerprint density at radius 3 is 2.25 bits per heavy atom. The Balaban J connectivity index is 2.44. The summed E-state index contributed by atoms with van der Waals surface area (Å²) in [7, 11) is 0. The molecule has 1 aliphatic carbocycles. The number of allylic oxidation sites excluding steroid dienone is 2. The van der Waals surface area contributed by atoms with Gasteiger partial charge in [-0.05, 0) is 0 Å². The summed E-state index contributed by atoms with van der Waals surface area (Å²) in [6.07, 6.45) is 0. The van der Waals surface area contributed by atoms with E-state index >= 15 is 0 Å². The Kier molecular flexibility index (Phi) is 3.87. The third kappa shape index (κ3) is 2.31. The van der Waals surface area contributed by atoms with E-state index in [-0.39, 0.29) is 21.9 Å². The molecule has 0 aromatic heterocycles. The molecule has 20 heavy (non-hydrogen) atoms. The SMILES string of the molecule is O=C1C(Cl)=C(NC(CO)C(=O)O)C(=O)c2ccccc21. The molecular formula is C13H10ClNO5. The normalized spacial score (nSPS) is 15.9. The number of carboxylic acids is 1. The molecule has 0 aliphatic heterocycles. The van der Waals surface area contributed by atoms with Crippen molar-refractivity contribution in [1.29, 1.82) is 0 Å². The molecule has 0 saturated heterocycles. The fourth-order valence-electron chi connectivity index (χ4n) is 1.83. The molecular weight excluding hydrogens is 286 g/mol. The van der Waals surface area contributed by atoms with Crippen LogP contribution in [-0.4, -0.2) is 40.4 Å². The Bertz CT molecular complexity index is 637. The third-order valence-electron chi connectivity index (χ3n) is 2.86. The van der Waals surface area contributed by atoms with Crippen molar-refractivity contribution in [2.45, 2.75) is 6.04 Å². The van der Waals surface area contributed by atoms with Crippen molar-refractivity contribution in [3.63, 3.8) is 0 Å². The van der Waals surface area contributed by atoms with Crippen LogP contribution in [0.2, 0.25) is 0 Å². The van der Waals surface area contributed by atoms with E-state index in [0.717, 1.165) is 0 Å². The second-order valence-corrected chi connectivity index (χ2v) is 4.49. The number of carbonyl (C=O) groups excluding carboxylic acids is 2. The molecule has 1 unspecified atom stereocenters. The number of ketones is 2. The number of aliphatic hydroxyl groups excluding tert-OH is 1. The number of Topliss-reactive ketones (excluding diaryl/α,β-unsaturated/α-hetero) is 2. The van der Waals surface area contributed by atoms with Gasteiger partial charge < -0.3 is 15.5 Å². The van der Waals surface area contributed by atoms with Crippen LogP contribution in [-0.2, 0) is 4.79 Å². The Morgan fingerprint density at radius 2 is 1.75 bits per heavy atom. The quantitative estimate of drug-likeness (QED) is 0.749. The second kappa shape index (κ2) is 5.44. The topological polar surface area (TPSA) is 104 Å². The first-order chi connectivity index (χ1) is 9.47. The van der Waals surface area contributed by atoms with Crippen molar-refractivity contribution in [2.24, 2.45) is 0 Å². The predicted octanol–water partition coefficient (Wildman–Crippen LogP) is 0.551. The minimum absolute atomic E-state index is 0.145. The number of halogens is 1. The van der Waals surface area contributed by atoms with Gasteiger partial charge in [-0.25, -0.2) is 4.79 Å². The van der Waals surface area contributed by atoms with Crippen LogP contribution < -0.4 is 5.32 Å². The number of nitrogens with one attached hydrogen (secondary N) is 1. The number of benzene rings is 1. The van der Waals surface area contributed by atoms with Crippen molar-refractivity contribution < 1.29 is 24.6 Å². The van der Waals surface area contributed by atoms with Crippen LogP contribution in [0.1, 0.15) is 20.7 Å². The molecule has 0 amide bonds. The van der Waals surface area contributed by atoms with Gasteiger partial charge in [0.15, 0.2) is 0 Å². The summed E-state index contributed by atoms with van der Waals surface area (Å²) in [5.74, 6) is -2.50. The van der Waals surface area contributed by atoms with Crippen LogP contribution in [0.4, 0.5) is 0 Å². The molecule has 3 N–H and O–H groups in total. The molecule has 2 rings (SSSR count). The molecule has 104 valence electrons. The summed E-state index contributed by atoms with van der Waals surface area (Å²) in [4.78, 5) is 35.1. The zero-order chi connectivity index (χ0) is 14.9. The molecule has 0 fully saturated rings. The van der Waals surface area contributed by atoms with E-state index in [2.05, 4.69) is 5.32 Å². The van der Waals surface area contributed by atoms with Crippen molar-refractivity contribution in [3.8, 4) is 0 Å². The van der Waals surface area contributed by atoms with Gasteiger partial charge in [-0.1, -0.05) is 35.9 Å². The summed E-state index contributed by atoms with van der Waals surface area (Å²) in [6, 6.07) is 4.69. The van der Waals surface area contributed by atoms with Crippen LogP contribution in [0.3, 0.4) is 0 Å². The van der Waals surface area contributed by atoms with E-state index in [1.165, 1.54) is 12.1 Å². The first kappa shape index (κ1) is 14.2. The number of hydrogen-bond donors (Lipinski definition) is 3.